The molecule has 0 aromatic carbocycles. The van der Waals surface area contributed by atoms with Crippen molar-refractivity contribution in [2.24, 2.45) is 0 Å². The van der Waals surface area contributed by atoms with Crippen LogP contribution in [0.5, 0.6) is 0 Å². The van der Waals surface area contributed by atoms with Crippen LogP contribution in [0.15, 0.2) is 0 Å². The van der Waals surface area contributed by atoms with E-state index >= 15 is 0 Å². The van der Waals surface area contributed by atoms with Gasteiger partial charge in [-0.25, -0.2) is 8.42 Å². The molecule has 2 atom stereocenters. The van der Waals surface area contributed by atoms with Crippen LogP contribution < -0.4 is 5.32 Å². The summed E-state index contributed by atoms with van der Waals surface area (Å²) in [5.41, 5.74) is -0.982. The molecule has 0 aromatic heterocycles. The number of hydrogen-bond donors (Lipinski definition) is 2. The molecule has 0 bridgehead atoms. The molecule has 2 N–H and O–H groups in total. The van der Waals surface area contributed by atoms with Gasteiger partial charge in [-0.3, -0.25) is 15.0 Å². The number of aliphatic carboxylic acids is 1. The van der Waals surface area contributed by atoms with Crippen molar-refractivity contribution in [1.82, 2.24) is 10.2 Å². The number of sulfone groups is 1. The van der Waals surface area contributed by atoms with Crippen LogP contribution in [0.4, 0.5) is 0 Å². The van der Waals surface area contributed by atoms with E-state index in [1.807, 2.05) is 20.8 Å². The molecule has 1 saturated heterocycles. The minimum Gasteiger partial charge on any atom is -0.480 e. The lowest BCUT2D eigenvalue weighted by molar-refractivity contribution is -0.145. The molecule has 0 radical (unpaired) electrons. The summed E-state index contributed by atoms with van der Waals surface area (Å²) in [6.45, 7) is 8.46. The smallest absolute Gasteiger partial charge is 0.323 e. The fourth-order valence-electron chi connectivity index (χ4n) is 2.61. The lowest BCUT2D eigenvalue weighted by Gasteiger charge is -2.36. The fourth-order valence-corrected chi connectivity index (χ4v) is 4.24. The largest absolute Gasteiger partial charge is 0.480 e. The van der Waals surface area contributed by atoms with Gasteiger partial charge in [0.2, 0.25) is 0 Å². The van der Waals surface area contributed by atoms with E-state index in [-0.39, 0.29) is 23.6 Å². The molecule has 1 fully saturated rings. The molecule has 0 aliphatic carbocycles. The first kappa shape index (κ1) is 17.4. The Morgan fingerprint density at radius 3 is 2.55 bits per heavy atom. The number of carboxylic acids is 1. The Balaban J connectivity index is 2.62. The summed E-state index contributed by atoms with van der Waals surface area (Å²) in [5.74, 6) is -0.545. The van der Waals surface area contributed by atoms with E-state index in [1.54, 1.807) is 6.92 Å². The van der Waals surface area contributed by atoms with Gasteiger partial charge in [0.15, 0.2) is 9.84 Å². The van der Waals surface area contributed by atoms with Crippen LogP contribution in [-0.4, -0.2) is 66.6 Å². The molecular weight excluding hydrogens is 280 g/mol. The van der Waals surface area contributed by atoms with Gasteiger partial charge in [-0.05, 0) is 34.1 Å². The van der Waals surface area contributed by atoms with Gasteiger partial charge in [0.25, 0.3) is 0 Å². The maximum atomic E-state index is 11.5. The zero-order valence-corrected chi connectivity index (χ0v) is 13.5. The highest BCUT2D eigenvalue weighted by Gasteiger charge is 2.35. The second-order valence-electron chi connectivity index (χ2n) is 6.19. The van der Waals surface area contributed by atoms with Crippen molar-refractivity contribution in [3.63, 3.8) is 0 Å². The van der Waals surface area contributed by atoms with Crippen molar-refractivity contribution in [1.29, 1.82) is 0 Å². The van der Waals surface area contributed by atoms with Crippen molar-refractivity contribution in [2.45, 2.75) is 51.7 Å². The Labute approximate surface area is 121 Å². The van der Waals surface area contributed by atoms with E-state index in [9.17, 15) is 18.3 Å². The lowest BCUT2D eigenvalue weighted by Crippen LogP contribution is -2.55. The van der Waals surface area contributed by atoms with Crippen LogP contribution in [0.3, 0.4) is 0 Å². The monoisotopic (exact) mass is 306 g/mol. The highest BCUT2D eigenvalue weighted by molar-refractivity contribution is 7.91. The van der Waals surface area contributed by atoms with Crippen molar-refractivity contribution in [3.8, 4) is 0 Å². The highest BCUT2D eigenvalue weighted by Crippen LogP contribution is 2.17. The molecule has 6 nitrogen and oxygen atoms in total. The molecule has 1 aliphatic rings. The van der Waals surface area contributed by atoms with Crippen LogP contribution >= 0.6 is 0 Å². The summed E-state index contributed by atoms with van der Waals surface area (Å²) < 4.78 is 23.1. The van der Waals surface area contributed by atoms with Gasteiger partial charge < -0.3 is 5.11 Å². The van der Waals surface area contributed by atoms with Crippen LogP contribution in [0, 0.1) is 0 Å². The van der Waals surface area contributed by atoms with E-state index in [2.05, 4.69) is 10.2 Å². The SMILES string of the molecule is CC(C)NC(C)(CCN1CCS(=O)(=O)CC1C)C(=O)O. The van der Waals surface area contributed by atoms with E-state index in [0.29, 0.717) is 19.5 Å². The van der Waals surface area contributed by atoms with Crippen molar-refractivity contribution in [2.75, 3.05) is 24.6 Å². The zero-order chi connectivity index (χ0) is 15.6. The van der Waals surface area contributed by atoms with Crippen molar-refractivity contribution < 1.29 is 18.3 Å². The molecule has 1 aliphatic heterocycles. The number of rotatable bonds is 6. The summed E-state index contributed by atoms with van der Waals surface area (Å²) in [6.07, 6.45) is 0.449. The number of nitrogens with zero attached hydrogens (tertiary/aromatic N) is 1. The van der Waals surface area contributed by atoms with E-state index in [0.717, 1.165) is 0 Å². The standard InChI is InChI=1S/C13H26N2O4S/c1-10(2)14-13(4,12(16)17)5-6-15-7-8-20(18,19)9-11(15)3/h10-11,14H,5-9H2,1-4H3,(H,16,17). The number of carboxylic acid groups (broad SMARTS) is 1. The third kappa shape index (κ3) is 4.71. The van der Waals surface area contributed by atoms with Crippen molar-refractivity contribution >= 4 is 15.8 Å². The van der Waals surface area contributed by atoms with Crippen LogP contribution in [-0.2, 0) is 14.6 Å². The lowest BCUT2D eigenvalue weighted by atomic mass is 9.96. The van der Waals surface area contributed by atoms with Gasteiger partial charge in [0.05, 0.1) is 11.5 Å². The topological polar surface area (TPSA) is 86.7 Å². The number of carbonyl (C=O) groups is 1. The third-order valence-electron chi connectivity index (χ3n) is 3.79. The normalized spacial score (nSPS) is 26.4. The number of nitrogens with one attached hydrogen (secondary N) is 1. The Morgan fingerprint density at radius 1 is 1.50 bits per heavy atom. The van der Waals surface area contributed by atoms with Gasteiger partial charge in [-0.15, -0.1) is 0 Å². The molecule has 1 rings (SSSR count). The second kappa shape index (κ2) is 6.41. The fraction of sp³-hybridized carbons (Fsp3) is 0.923. The molecule has 0 saturated carbocycles. The highest BCUT2D eigenvalue weighted by atomic mass is 32.2. The molecule has 2 unspecified atom stereocenters. The predicted molar refractivity (Wildman–Crippen MR) is 78.6 cm³/mol. The molecule has 7 heteroatoms. The van der Waals surface area contributed by atoms with E-state index in [4.69, 9.17) is 0 Å². The molecule has 20 heavy (non-hydrogen) atoms. The second-order valence-corrected chi connectivity index (χ2v) is 8.41. The van der Waals surface area contributed by atoms with Crippen LogP contribution in [0.1, 0.15) is 34.1 Å². The molecule has 0 spiro atoms. The Kier molecular flexibility index (Phi) is 5.57. The summed E-state index contributed by atoms with van der Waals surface area (Å²) in [7, 11) is -2.93. The van der Waals surface area contributed by atoms with Crippen LogP contribution in [0.2, 0.25) is 0 Å². The minimum absolute atomic E-state index is 0.0501. The average Bonchev–Trinajstić information content (AvgIpc) is 2.25. The summed E-state index contributed by atoms with van der Waals surface area (Å²) in [5, 5.41) is 12.5. The van der Waals surface area contributed by atoms with Gasteiger partial charge in [-0.1, -0.05) is 0 Å². The Bertz CT molecular complexity index is 449. The summed E-state index contributed by atoms with van der Waals surface area (Å²) in [6, 6.07) is 0.0288. The van der Waals surface area contributed by atoms with Gasteiger partial charge in [0, 0.05) is 25.2 Å². The summed E-state index contributed by atoms with van der Waals surface area (Å²) in [4.78, 5) is 13.5. The number of hydrogen-bond acceptors (Lipinski definition) is 5. The molecule has 0 amide bonds. The Morgan fingerprint density at radius 2 is 2.10 bits per heavy atom. The van der Waals surface area contributed by atoms with E-state index in [1.165, 1.54) is 0 Å². The van der Waals surface area contributed by atoms with E-state index < -0.39 is 21.3 Å². The van der Waals surface area contributed by atoms with Crippen molar-refractivity contribution in [3.05, 3.63) is 0 Å². The Hall–Kier alpha value is -0.660. The first-order valence-corrected chi connectivity index (χ1v) is 8.83. The zero-order valence-electron chi connectivity index (χ0n) is 12.7. The predicted octanol–water partition coefficient (Wildman–Crippen LogP) is 0.337. The molecule has 118 valence electrons. The first-order chi connectivity index (χ1) is 9.06. The first-order valence-electron chi connectivity index (χ1n) is 7.01. The third-order valence-corrected chi connectivity index (χ3v) is 5.58. The quantitative estimate of drug-likeness (QED) is 0.736. The van der Waals surface area contributed by atoms with Gasteiger partial charge in [-0.2, -0.15) is 0 Å². The van der Waals surface area contributed by atoms with Gasteiger partial charge >= 0.3 is 5.97 Å². The van der Waals surface area contributed by atoms with Gasteiger partial charge in [0.1, 0.15) is 5.54 Å². The maximum Gasteiger partial charge on any atom is 0.323 e. The maximum absolute atomic E-state index is 11.5. The van der Waals surface area contributed by atoms with Crippen LogP contribution in [0.25, 0.3) is 0 Å². The molecular formula is C13H26N2O4S. The average molecular weight is 306 g/mol. The summed E-state index contributed by atoms with van der Waals surface area (Å²) >= 11 is 0. The molecule has 1 heterocycles. The minimum atomic E-state index is -2.93. The molecule has 0 aromatic rings.